The Morgan fingerprint density at radius 3 is 2.50 bits per heavy atom. The summed E-state index contributed by atoms with van der Waals surface area (Å²) in [5.74, 6) is -0.0892. The summed E-state index contributed by atoms with van der Waals surface area (Å²) in [6, 6.07) is 22.2. The highest BCUT2D eigenvalue weighted by Gasteiger charge is 2.19. The minimum atomic E-state index is -0.0892. The van der Waals surface area contributed by atoms with Crippen LogP contribution in [0.15, 0.2) is 66.7 Å². The average molecular weight is 406 g/mol. The summed E-state index contributed by atoms with van der Waals surface area (Å²) in [6.45, 7) is 3.99. The average Bonchev–Trinajstić information content (AvgIpc) is 3.06. The molecule has 4 aromatic rings. The number of halogens is 1. The Bertz CT molecular complexity index is 1160. The summed E-state index contributed by atoms with van der Waals surface area (Å²) in [5, 5.41) is 4.84. The molecule has 0 saturated carbocycles. The number of amides is 1. The lowest BCUT2D eigenvalue weighted by Crippen LogP contribution is -2.13. The van der Waals surface area contributed by atoms with Gasteiger partial charge in [-0.05, 0) is 60.5 Å². The smallest absolute Gasteiger partial charge is 0.266 e. The number of fused-ring (bicyclic) bond motifs is 1. The van der Waals surface area contributed by atoms with Crippen molar-refractivity contribution in [3.63, 3.8) is 0 Å². The van der Waals surface area contributed by atoms with E-state index in [2.05, 4.69) is 48.6 Å². The van der Waals surface area contributed by atoms with E-state index in [1.807, 2.05) is 37.3 Å². The van der Waals surface area contributed by atoms with Crippen LogP contribution in [0.2, 0.25) is 5.02 Å². The number of carbonyl (C=O) groups is 1. The Labute approximate surface area is 173 Å². The molecule has 28 heavy (non-hydrogen) atoms. The second-order valence-corrected chi connectivity index (χ2v) is 8.39. The zero-order chi connectivity index (χ0) is 19.7. The quantitative estimate of drug-likeness (QED) is 0.388. The van der Waals surface area contributed by atoms with Gasteiger partial charge in [-0.15, -0.1) is 11.3 Å². The Morgan fingerprint density at radius 2 is 1.71 bits per heavy atom. The van der Waals surface area contributed by atoms with Crippen molar-refractivity contribution in [3.8, 4) is 0 Å². The maximum absolute atomic E-state index is 13.2. The Morgan fingerprint density at radius 1 is 0.964 bits per heavy atom. The van der Waals surface area contributed by atoms with Crippen LogP contribution in [-0.2, 0) is 6.42 Å². The summed E-state index contributed by atoms with van der Waals surface area (Å²) < 4.78 is 1.12. The Hall–Kier alpha value is -2.62. The maximum atomic E-state index is 13.2. The monoisotopic (exact) mass is 405 g/mol. The van der Waals surface area contributed by atoms with E-state index in [-0.39, 0.29) is 5.91 Å². The number of carbonyl (C=O) groups excluding carboxylic acids is 1. The molecule has 0 unspecified atom stereocenters. The van der Waals surface area contributed by atoms with Crippen molar-refractivity contribution in [2.24, 2.45) is 0 Å². The summed E-state index contributed by atoms with van der Waals surface area (Å²) >= 11 is 7.75. The van der Waals surface area contributed by atoms with Gasteiger partial charge in [0.1, 0.15) is 0 Å². The van der Waals surface area contributed by atoms with Gasteiger partial charge in [0.2, 0.25) is 0 Å². The zero-order valence-corrected chi connectivity index (χ0v) is 17.3. The first kappa shape index (κ1) is 18.7. The van der Waals surface area contributed by atoms with Crippen molar-refractivity contribution in [1.29, 1.82) is 0 Å². The van der Waals surface area contributed by atoms with E-state index < -0.39 is 0 Å². The minimum Gasteiger partial charge on any atom is -0.321 e. The van der Waals surface area contributed by atoms with Crippen LogP contribution in [0.1, 0.15) is 31.9 Å². The lowest BCUT2D eigenvalue weighted by atomic mass is 10.0. The molecule has 0 aliphatic carbocycles. The van der Waals surface area contributed by atoms with Crippen molar-refractivity contribution in [2.45, 2.75) is 20.3 Å². The zero-order valence-electron chi connectivity index (χ0n) is 15.8. The highest BCUT2D eigenvalue weighted by Crippen LogP contribution is 2.34. The molecule has 0 bridgehead atoms. The van der Waals surface area contributed by atoms with Crippen LogP contribution < -0.4 is 5.32 Å². The van der Waals surface area contributed by atoms with Crippen LogP contribution in [0.4, 0.5) is 5.69 Å². The van der Waals surface area contributed by atoms with Gasteiger partial charge in [0.15, 0.2) is 0 Å². The number of anilines is 1. The van der Waals surface area contributed by atoms with Crippen LogP contribution in [0.5, 0.6) is 0 Å². The van der Waals surface area contributed by atoms with E-state index in [0.29, 0.717) is 5.02 Å². The molecule has 4 rings (SSSR count). The molecular formula is C24H20ClNOS. The number of nitrogens with one attached hydrogen (secondary N) is 1. The molecule has 1 N–H and O–H groups in total. The van der Waals surface area contributed by atoms with Gasteiger partial charge in [0, 0.05) is 15.4 Å². The van der Waals surface area contributed by atoms with Crippen molar-refractivity contribution in [2.75, 3.05) is 5.32 Å². The maximum Gasteiger partial charge on any atom is 0.266 e. The first-order chi connectivity index (χ1) is 13.5. The highest BCUT2D eigenvalue weighted by molar-refractivity contribution is 7.21. The van der Waals surface area contributed by atoms with Crippen LogP contribution in [0.3, 0.4) is 0 Å². The van der Waals surface area contributed by atoms with E-state index in [1.165, 1.54) is 22.5 Å². The van der Waals surface area contributed by atoms with E-state index >= 15 is 0 Å². The molecule has 3 aromatic carbocycles. The van der Waals surface area contributed by atoms with Crippen molar-refractivity contribution in [3.05, 3.63) is 98.9 Å². The van der Waals surface area contributed by atoms with Gasteiger partial charge in [-0.2, -0.15) is 0 Å². The SMILES string of the molecule is Cc1ccc(Cc2c(C(=O)Nc3cccc(Cl)c3C)sc3ccccc23)cc1. The van der Waals surface area contributed by atoms with Gasteiger partial charge in [-0.25, -0.2) is 0 Å². The number of hydrogen-bond donors (Lipinski definition) is 1. The van der Waals surface area contributed by atoms with Crippen LogP contribution in [0.25, 0.3) is 10.1 Å². The molecule has 1 aromatic heterocycles. The third-order valence-electron chi connectivity index (χ3n) is 4.92. The van der Waals surface area contributed by atoms with Crippen LogP contribution in [-0.4, -0.2) is 5.91 Å². The number of thiophene rings is 1. The summed E-state index contributed by atoms with van der Waals surface area (Å²) in [7, 11) is 0. The standard InChI is InChI=1S/C24H20ClNOS/c1-15-10-12-17(13-11-15)14-19-18-6-3-4-9-22(18)28-23(19)24(27)26-21-8-5-7-20(25)16(21)2/h3-13H,14H2,1-2H3,(H,26,27). The molecule has 0 fully saturated rings. The van der Waals surface area contributed by atoms with Crippen LogP contribution in [0, 0.1) is 13.8 Å². The normalized spacial score (nSPS) is 11.0. The molecule has 0 saturated heterocycles. The fraction of sp³-hybridized carbons (Fsp3) is 0.125. The first-order valence-corrected chi connectivity index (χ1v) is 10.3. The molecule has 2 nitrogen and oxygen atoms in total. The lowest BCUT2D eigenvalue weighted by molar-refractivity contribution is 0.103. The number of aryl methyl sites for hydroxylation is 1. The summed E-state index contributed by atoms with van der Waals surface area (Å²) in [4.78, 5) is 13.9. The predicted octanol–water partition coefficient (Wildman–Crippen LogP) is 7.01. The van der Waals surface area contributed by atoms with E-state index in [4.69, 9.17) is 11.6 Å². The van der Waals surface area contributed by atoms with Crippen molar-refractivity contribution >= 4 is 44.6 Å². The van der Waals surface area contributed by atoms with Gasteiger partial charge < -0.3 is 5.32 Å². The summed E-state index contributed by atoms with van der Waals surface area (Å²) in [5.41, 5.74) is 5.12. The Kier molecular flexibility index (Phi) is 5.21. The minimum absolute atomic E-state index is 0.0892. The van der Waals surface area contributed by atoms with Gasteiger partial charge >= 0.3 is 0 Å². The second kappa shape index (κ2) is 7.78. The summed E-state index contributed by atoms with van der Waals surface area (Å²) in [6.07, 6.45) is 0.724. The van der Waals surface area contributed by atoms with Crippen LogP contribution >= 0.6 is 22.9 Å². The topological polar surface area (TPSA) is 29.1 Å². The molecular weight excluding hydrogens is 386 g/mol. The molecule has 0 radical (unpaired) electrons. The second-order valence-electron chi connectivity index (χ2n) is 6.93. The molecule has 1 heterocycles. The van der Waals surface area contributed by atoms with Crippen molar-refractivity contribution in [1.82, 2.24) is 0 Å². The van der Waals surface area contributed by atoms with Gasteiger partial charge in [-0.3, -0.25) is 4.79 Å². The van der Waals surface area contributed by atoms with Gasteiger partial charge in [-0.1, -0.05) is 65.7 Å². The number of rotatable bonds is 4. The number of benzene rings is 3. The molecule has 4 heteroatoms. The lowest BCUT2D eigenvalue weighted by Gasteiger charge is -2.10. The Balaban J connectivity index is 1.74. The predicted molar refractivity (Wildman–Crippen MR) is 120 cm³/mol. The first-order valence-electron chi connectivity index (χ1n) is 9.15. The molecule has 140 valence electrons. The molecule has 0 spiro atoms. The third-order valence-corrected chi connectivity index (χ3v) is 6.54. The molecule has 0 atom stereocenters. The van der Waals surface area contributed by atoms with Gasteiger partial charge in [0.25, 0.3) is 5.91 Å². The largest absolute Gasteiger partial charge is 0.321 e. The fourth-order valence-corrected chi connectivity index (χ4v) is 4.58. The molecule has 0 aliphatic heterocycles. The molecule has 0 aliphatic rings. The highest BCUT2D eigenvalue weighted by atomic mass is 35.5. The van der Waals surface area contributed by atoms with E-state index in [9.17, 15) is 4.79 Å². The van der Waals surface area contributed by atoms with E-state index in [1.54, 1.807) is 0 Å². The molecule has 1 amide bonds. The van der Waals surface area contributed by atoms with Crippen molar-refractivity contribution < 1.29 is 4.79 Å². The van der Waals surface area contributed by atoms with E-state index in [0.717, 1.165) is 38.2 Å². The van der Waals surface area contributed by atoms with Gasteiger partial charge in [0.05, 0.1) is 4.88 Å². The number of hydrogen-bond acceptors (Lipinski definition) is 2. The third kappa shape index (κ3) is 3.68. The fourth-order valence-electron chi connectivity index (χ4n) is 3.29.